The second-order valence-electron chi connectivity index (χ2n) is 8.70. The third-order valence-electron chi connectivity index (χ3n) is 5.57. The van der Waals surface area contributed by atoms with Gasteiger partial charge in [0.1, 0.15) is 0 Å². The molecule has 0 saturated heterocycles. The topological polar surface area (TPSA) is 102 Å². The summed E-state index contributed by atoms with van der Waals surface area (Å²) >= 11 is 2.68. The molecule has 8 nitrogen and oxygen atoms in total. The number of carbonyl (C=O) groups excluding carboxylic acids is 2. The lowest BCUT2D eigenvalue weighted by molar-refractivity contribution is -0.113. The van der Waals surface area contributed by atoms with Gasteiger partial charge in [-0.2, -0.15) is 0 Å². The van der Waals surface area contributed by atoms with E-state index in [0.29, 0.717) is 21.7 Å². The second kappa shape index (κ2) is 11.5. The van der Waals surface area contributed by atoms with Crippen molar-refractivity contribution in [3.63, 3.8) is 0 Å². The molecule has 0 unspecified atom stereocenters. The Hall–Kier alpha value is -3.50. The molecule has 4 rings (SSSR count). The molecule has 0 bridgehead atoms. The van der Waals surface area contributed by atoms with Crippen LogP contribution in [0.4, 0.5) is 5.13 Å². The Kier molecular flexibility index (Phi) is 8.17. The molecule has 0 saturated carbocycles. The summed E-state index contributed by atoms with van der Waals surface area (Å²) in [6.45, 7) is 6.07. The molecule has 0 radical (unpaired) electrons. The number of carbonyl (C=O) groups is 2. The van der Waals surface area contributed by atoms with E-state index < -0.39 is 0 Å². The highest BCUT2D eigenvalue weighted by Crippen LogP contribution is 2.27. The van der Waals surface area contributed by atoms with Crippen molar-refractivity contribution in [2.24, 2.45) is 13.0 Å². The molecular weight excluding hydrogens is 492 g/mol. The van der Waals surface area contributed by atoms with Crippen LogP contribution in [0.1, 0.15) is 41.6 Å². The van der Waals surface area contributed by atoms with Crippen molar-refractivity contribution in [3.8, 4) is 11.3 Å². The van der Waals surface area contributed by atoms with Crippen LogP contribution in [-0.4, -0.2) is 37.3 Å². The normalized spacial score (nSPS) is 11.9. The van der Waals surface area contributed by atoms with Gasteiger partial charge in [-0.1, -0.05) is 73.6 Å². The van der Waals surface area contributed by atoms with Gasteiger partial charge in [-0.3, -0.25) is 9.59 Å². The third kappa shape index (κ3) is 6.19. The molecule has 36 heavy (non-hydrogen) atoms. The van der Waals surface area contributed by atoms with Crippen LogP contribution in [0.15, 0.2) is 65.1 Å². The highest BCUT2D eigenvalue weighted by Gasteiger charge is 2.25. The van der Waals surface area contributed by atoms with Crippen LogP contribution in [0.3, 0.4) is 0 Å². The predicted molar refractivity (Wildman–Crippen MR) is 144 cm³/mol. The third-order valence-corrected chi connectivity index (χ3v) is 7.34. The van der Waals surface area contributed by atoms with Crippen molar-refractivity contribution in [3.05, 3.63) is 76.9 Å². The highest BCUT2D eigenvalue weighted by atomic mass is 32.2. The Bertz CT molecular complexity index is 1330. The lowest BCUT2D eigenvalue weighted by atomic mass is 10.0. The molecule has 10 heteroatoms. The molecule has 0 spiro atoms. The van der Waals surface area contributed by atoms with Crippen LogP contribution >= 0.6 is 23.1 Å². The lowest BCUT2D eigenvalue weighted by Crippen LogP contribution is -2.33. The smallest absolute Gasteiger partial charge is 0.251 e. The van der Waals surface area contributed by atoms with Crippen LogP contribution in [-0.2, 0) is 11.8 Å². The van der Waals surface area contributed by atoms with Crippen molar-refractivity contribution in [2.45, 2.75) is 32.0 Å². The largest absolute Gasteiger partial charge is 0.342 e. The molecule has 0 fully saturated rings. The number of aryl methyl sites for hydroxylation is 1. The van der Waals surface area contributed by atoms with Crippen molar-refractivity contribution in [2.75, 3.05) is 11.1 Å². The van der Waals surface area contributed by atoms with E-state index >= 15 is 0 Å². The van der Waals surface area contributed by atoms with Gasteiger partial charge in [-0.05, 0) is 25.0 Å². The van der Waals surface area contributed by atoms with E-state index in [1.54, 1.807) is 12.1 Å². The monoisotopic (exact) mass is 520 g/mol. The van der Waals surface area contributed by atoms with Crippen LogP contribution in [0.25, 0.3) is 11.3 Å². The molecule has 1 atom stereocenters. The van der Waals surface area contributed by atoms with Crippen molar-refractivity contribution in [1.29, 1.82) is 0 Å². The molecule has 2 aromatic carbocycles. The van der Waals surface area contributed by atoms with E-state index in [1.165, 1.54) is 28.7 Å². The van der Waals surface area contributed by atoms with Crippen LogP contribution in [0.2, 0.25) is 0 Å². The zero-order valence-corrected chi connectivity index (χ0v) is 22.2. The molecule has 2 amide bonds. The number of hydrogen-bond donors (Lipinski definition) is 2. The van der Waals surface area contributed by atoms with Crippen molar-refractivity contribution >= 4 is 40.0 Å². The van der Waals surface area contributed by atoms with E-state index in [1.807, 2.05) is 80.2 Å². The van der Waals surface area contributed by atoms with Crippen LogP contribution < -0.4 is 10.6 Å². The summed E-state index contributed by atoms with van der Waals surface area (Å²) < 4.78 is 1.83. The Morgan fingerprint density at radius 1 is 1.06 bits per heavy atom. The minimum Gasteiger partial charge on any atom is -0.342 e. The zero-order chi connectivity index (χ0) is 25.7. The lowest BCUT2D eigenvalue weighted by Gasteiger charge is -2.21. The summed E-state index contributed by atoms with van der Waals surface area (Å²) in [5.74, 6) is 0.550. The number of aromatic nitrogens is 4. The number of thiazole rings is 1. The maximum Gasteiger partial charge on any atom is 0.251 e. The molecule has 0 aliphatic rings. The SMILES string of the molecule is Cc1ccc(-c2csc(NC(=O)CSc3nnc([C@@H](NC(=O)c4ccccc4)C(C)C)n3C)n2)cc1. The fraction of sp³-hybridized carbons (Fsp3) is 0.269. The average Bonchev–Trinajstić information content (AvgIpc) is 3.48. The fourth-order valence-corrected chi connectivity index (χ4v) is 4.99. The summed E-state index contributed by atoms with van der Waals surface area (Å²) in [6.07, 6.45) is 0. The summed E-state index contributed by atoms with van der Waals surface area (Å²) in [4.78, 5) is 29.8. The Labute approximate surface area is 218 Å². The summed E-state index contributed by atoms with van der Waals surface area (Å²) in [6, 6.07) is 16.9. The van der Waals surface area contributed by atoms with Crippen molar-refractivity contribution < 1.29 is 9.59 Å². The van der Waals surface area contributed by atoms with E-state index in [9.17, 15) is 9.59 Å². The predicted octanol–water partition coefficient (Wildman–Crippen LogP) is 5.10. The minimum atomic E-state index is -0.325. The van der Waals surface area contributed by atoms with Crippen molar-refractivity contribution in [1.82, 2.24) is 25.1 Å². The van der Waals surface area contributed by atoms with Gasteiger partial charge < -0.3 is 15.2 Å². The number of rotatable bonds is 9. The van der Waals surface area contributed by atoms with Crippen LogP contribution in [0.5, 0.6) is 0 Å². The number of thioether (sulfide) groups is 1. The number of nitrogens with zero attached hydrogens (tertiary/aromatic N) is 4. The average molecular weight is 521 g/mol. The van der Waals surface area contributed by atoms with E-state index in [4.69, 9.17) is 0 Å². The quantitative estimate of drug-likeness (QED) is 0.298. The second-order valence-corrected chi connectivity index (χ2v) is 10.5. The van der Waals surface area contributed by atoms with Gasteiger partial charge >= 0.3 is 0 Å². The summed E-state index contributed by atoms with van der Waals surface area (Å²) in [5, 5.41) is 17.6. The number of benzene rings is 2. The van der Waals surface area contributed by atoms with Gasteiger partial charge in [0, 0.05) is 23.6 Å². The Morgan fingerprint density at radius 3 is 2.47 bits per heavy atom. The molecule has 0 aliphatic heterocycles. The molecule has 2 aromatic heterocycles. The van der Waals surface area contributed by atoms with Gasteiger partial charge in [0.05, 0.1) is 17.5 Å². The first kappa shape index (κ1) is 25.6. The standard InChI is InChI=1S/C26H28N6O2S2/c1-16(2)22(29-24(34)19-8-6-5-7-9-19)23-30-31-26(32(23)4)36-15-21(33)28-25-27-20(14-35-25)18-12-10-17(3)11-13-18/h5-14,16,22H,15H2,1-4H3,(H,29,34)(H,27,28,33)/t22-/m0/s1. The van der Waals surface area contributed by atoms with E-state index in [2.05, 4.69) is 25.8 Å². The van der Waals surface area contributed by atoms with Gasteiger partial charge in [-0.15, -0.1) is 21.5 Å². The number of hydrogen-bond acceptors (Lipinski definition) is 7. The number of amides is 2. The summed E-state index contributed by atoms with van der Waals surface area (Å²) in [5.41, 5.74) is 3.62. The first-order chi connectivity index (χ1) is 17.3. The molecular formula is C26H28N6O2S2. The fourth-order valence-electron chi connectivity index (χ4n) is 3.54. The van der Waals surface area contributed by atoms with Gasteiger partial charge in [0.25, 0.3) is 5.91 Å². The van der Waals surface area contributed by atoms with Gasteiger partial charge in [0.15, 0.2) is 16.1 Å². The first-order valence-electron chi connectivity index (χ1n) is 11.5. The van der Waals surface area contributed by atoms with E-state index in [-0.39, 0.29) is 29.5 Å². The maximum atomic E-state index is 12.7. The highest BCUT2D eigenvalue weighted by molar-refractivity contribution is 7.99. The molecule has 2 heterocycles. The first-order valence-corrected chi connectivity index (χ1v) is 13.4. The molecule has 2 N–H and O–H groups in total. The number of nitrogens with one attached hydrogen (secondary N) is 2. The zero-order valence-electron chi connectivity index (χ0n) is 20.6. The minimum absolute atomic E-state index is 0.0920. The van der Waals surface area contributed by atoms with Crippen LogP contribution in [0, 0.1) is 12.8 Å². The Morgan fingerprint density at radius 2 is 1.78 bits per heavy atom. The molecule has 186 valence electrons. The van der Waals surface area contributed by atoms with Gasteiger partial charge in [-0.25, -0.2) is 4.98 Å². The Balaban J connectivity index is 1.36. The molecule has 0 aliphatic carbocycles. The van der Waals surface area contributed by atoms with E-state index in [0.717, 1.165) is 11.3 Å². The maximum absolute atomic E-state index is 12.7. The summed E-state index contributed by atoms with van der Waals surface area (Å²) in [7, 11) is 1.84. The van der Waals surface area contributed by atoms with Gasteiger partial charge in [0.2, 0.25) is 5.91 Å². The molecule has 4 aromatic rings. The number of anilines is 1.